The van der Waals surface area contributed by atoms with Crippen molar-refractivity contribution in [2.45, 2.75) is 39.2 Å². The van der Waals surface area contributed by atoms with Crippen molar-refractivity contribution in [3.63, 3.8) is 0 Å². The normalized spacial score (nSPS) is 19.2. The summed E-state index contributed by atoms with van der Waals surface area (Å²) < 4.78 is 6.53. The van der Waals surface area contributed by atoms with Gasteiger partial charge in [-0.3, -0.25) is 0 Å². The first-order valence-corrected chi connectivity index (χ1v) is 7.85. The standard InChI is InChI=1S/C16H22BrNO2/c1-16(2,3)20-15(19)18-8-7-13(11-18)9-12-5-4-6-14(17)10-12/h4-6,10,13H,7-9,11H2,1-3H3. The van der Waals surface area contributed by atoms with Crippen LogP contribution in [0, 0.1) is 5.92 Å². The molecule has 0 N–H and O–H groups in total. The Morgan fingerprint density at radius 1 is 1.45 bits per heavy atom. The molecule has 1 amide bonds. The Hall–Kier alpha value is -1.03. The minimum Gasteiger partial charge on any atom is -0.444 e. The van der Waals surface area contributed by atoms with Crippen LogP contribution in [0.3, 0.4) is 0 Å². The lowest BCUT2D eigenvalue weighted by Gasteiger charge is -2.24. The van der Waals surface area contributed by atoms with Crippen molar-refractivity contribution in [3.05, 3.63) is 34.3 Å². The van der Waals surface area contributed by atoms with Crippen LogP contribution in [0.15, 0.2) is 28.7 Å². The zero-order valence-corrected chi connectivity index (χ0v) is 13.9. The molecule has 1 aliphatic heterocycles. The fourth-order valence-corrected chi connectivity index (χ4v) is 2.94. The highest BCUT2D eigenvalue weighted by molar-refractivity contribution is 9.10. The largest absolute Gasteiger partial charge is 0.444 e. The van der Waals surface area contributed by atoms with Crippen LogP contribution in [0.2, 0.25) is 0 Å². The lowest BCUT2D eigenvalue weighted by Crippen LogP contribution is -2.35. The SMILES string of the molecule is CC(C)(C)OC(=O)N1CCC(Cc2cccc(Br)c2)C1. The van der Waals surface area contributed by atoms with Gasteiger partial charge in [-0.25, -0.2) is 4.79 Å². The van der Waals surface area contributed by atoms with Crippen LogP contribution < -0.4 is 0 Å². The number of hydrogen-bond acceptors (Lipinski definition) is 2. The summed E-state index contributed by atoms with van der Waals surface area (Å²) in [5, 5.41) is 0. The van der Waals surface area contributed by atoms with Gasteiger partial charge in [0.15, 0.2) is 0 Å². The number of carbonyl (C=O) groups excluding carboxylic acids is 1. The third-order valence-corrected chi connectivity index (χ3v) is 3.84. The van der Waals surface area contributed by atoms with E-state index in [1.54, 1.807) is 0 Å². The van der Waals surface area contributed by atoms with Gasteiger partial charge in [0.2, 0.25) is 0 Å². The second-order valence-corrected chi connectivity index (χ2v) is 7.33. The number of carbonyl (C=O) groups is 1. The Morgan fingerprint density at radius 3 is 2.85 bits per heavy atom. The third-order valence-electron chi connectivity index (χ3n) is 3.35. The number of likely N-dealkylation sites (tertiary alicyclic amines) is 1. The maximum atomic E-state index is 12.0. The number of rotatable bonds is 2. The minimum atomic E-state index is -0.417. The van der Waals surface area contributed by atoms with Gasteiger partial charge >= 0.3 is 6.09 Å². The smallest absolute Gasteiger partial charge is 0.410 e. The van der Waals surface area contributed by atoms with Crippen molar-refractivity contribution in [1.82, 2.24) is 4.90 Å². The Bertz CT molecular complexity index is 482. The Balaban J connectivity index is 1.88. The molecule has 110 valence electrons. The monoisotopic (exact) mass is 339 g/mol. The minimum absolute atomic E-state index is 0.186. The Morgan fingerprint density at radius 2 is 2.20 bits per heavy atom. The molecule has 20 heavy (non-hydrogen) atoms. The van der Waals surface area contributed by atoms with Gasteiger partial charge in [-0.05, 0) is 57.2 Å². The highest BCUT2D eigenvalue weighted by Gasteiger charge is 2.29. The molecule has 3 nitrogen and oxygen atoms in total. The zero-order chi connectivity index (χ0) is 14.8. The van der Waals surface area contributed by atoms with Gasteiger partial charge < -0.3 is 9.64 Å². The van der Waals surface area contributed by atoms with Crippen molar-refractivity contribution < 1.29 is 9.53 Å². The first kappa shape index (κ1) is 15.4. The Kier molecular flexibility index (Phi) is 4.74. The van der Waals surface area contributed by atoms with Crippen molar-refractivity contribution in [1.29, 1.82) is 0 Å². The topological polar surface area (TPSA) is 29.5 Å². The first-order chi connectivity index (χ1) is 9.33. The number of halogens is 1. The fraction of sp³-hybridized carbons (Fsp3) is 0.562. The van der Waals surface area contributed by atoms with Gasteiger partial charge in [0.1, 0.15) is 5.60 Å². The predicted molar refractivity (Wildman–Crippen MR) is 83.8 cm³/mol. The van der Waals surface area contributed by atoms with Crippen molar-refractivity contribution >= 4 is 22.0 Å². The van der Waals surface area contributed by atoms with Crippen LogP contribution in [0.25, 0.3) is 0 Å². The lowest BCUT2D eigenvalue weighted by atomic mass is 9.99. The van der Waals surface area contributed by atoms with Crippen molar-refractivity contribution in [2.24, 2.45) is 5.92 Å². The number of nitrogens with zero attached hydrogens (tertiary/aromatic N) is 1. The second kappa shape index (κ2) is 6.17. The summed E-state index contributed by atoms with van der Waals surface area (Å²) in [4.78, 5) is 13.8. The van der Waals surface area contributed by atoms with Crippen LogP contribution in [0.5, 0.6) is 0 Å². The molecule has 1 aromatic carbocycles. The molecule has 2 rings (SSSR count). The molecule has 0 aromatic heterocycles. The molecule has 1 unspecified atom stereocenters. The number of hydrogen-bond donors (Lipinski definition) is 0. The molecule has 0 spiro atoms. The molecule has 1 atom stereocenters. The molecule has 1 aliphatic rings. The van der Waals surface area contributed by atoms with E-state index in [1.165, 1.54) is 5.56 Å². The quantitative estimate of drug-likeness (QED) is 0.806. The van der Waals surface area contributed by atoms with E-state index < -0.39 is 5.60 Å². The predicted octanol–water partition coefficient (Wildman–Crippen LogP) is 4.25. The molecular formula is C16H22BrNO2. The molecule has 1 fully saturated rings. The van der Waals surface area contributed by atoms with E-state index in [0.717, 1.165) is 30.4 Å². The van der Waals surface area contributed by atoms with Gasteiger partial charge in [-0.2, -0.15) is 0 Å². The van der Waals surface area contributed by atoms with Crippen LogP contribution in [-0.2, 0) is 11.2 Å². The van der Waals surface area contributed by atoms with Gasteiger partial charge in [-0.1, -0.05) is 28.1 Å². The van der Waals surface area contributed by atoms with E-state index in [-0.39, 0.29) is 6.09 Å². The van der Waals surface area contributed by atoms with Gasteiger partial charge in [0, 0.05) is 17.6 Å². The summed E-state index contributed by atoms with van der Waals surface area (Å²) >= 11 is 3.50. The molecule has 0 saturated carbocycles. The van der Waals surface area contributed by atoms with E-state index in [1.807, 2.05) is 31.7 Å². The van der Waals surface area contributed by atoms with Crippen LogP contribution in [0.1, 0.15) is 32.8 Å². The summed E-state index contributed by atoms with van der Waals surface area (Å²) in [5.41, 5.74) is 0.898. The molecule has 0 aliphatic carbocycles. The van der Waals surface area contributed by atoms with Crippen LogP contribution >= 0.6 is 15.9 Å². The Labute approximate surface area is 129 Å². The van der Waals surface area contributed by atoms with E-state index in [2.05, 4.69) is 34.1 Å². The van der Waals surface area contributed by atoms with E-state index >= 15 is 0 Å². The summed E-state index contributed by atoms with van der Waals surface area (Å²) in [7, 11) is 0. The zero-order valence-electron chi connectivity index (χ0n) is 12.4. The molecular weight excluding hydrogens is 318 g/mol. The van der Waals surface area contributed by atoms with Crippen molar-refractivity contribution in [2.75, 3.05) is 13.1 Å². The second-order valence-electron chi connectivity index (χ2n) is 6.42. The molecule has 1 aromatic rings. The van der Waals surface area contributed by atoms with E-state index in [9.17, 15) is 4.79 Å². The fourth-order valence-electron chi connectivity index (χ4n) is 2.49. The summed E-state index contributed by atoms with van der Waals surface area (Å²) in [5.74, 6) is 0.525. The molecule has 1 heterocycles. The summed E-state index contributed by atoms with van der Waals surface area (Å²) in [6.07, 6.45) is 1.87. The van der Waals surface area contributed by atoms with Crippen LogP contribution in [-0.4, -0.2) is 29.7 Å². The average Bonchev–Trinajstić information content (AvgIpc) is 2.75. The highest BCUT2D eigenvalue weighted by Crippen LogP contribution is 2.24. The maximum Gasteiger partial charge on any atom is 0.410 e. The molecule has 1 saturated heterocycles. The van der Waals surface area contributed by atoms with Gasteiger partial charge in [0.25, 0.3) is 0 Å². The molecule has 0 radical (unpaired) electrons. The van der Waals surface area contributed by atoms with Crippen LogP contribution in [0.4, 0.5) is 4.79 Å². The number of ether oxygens (including phenoxy) is 1. The summed E-state index contributed by atoms with van der Waals surface area (Å²) in [6, 6.07) is 8.38. The first-order valence-electron chi connectivity index (χ1n) is 7.06. The van der Waals surface area contributed by atoms with E-state index in [4.69, 9.17) is 4.74 Å². The summed E-state index contributed by atoms with van der Waals surface area (Å²) in [6.45, 7) is 7.30. The van der Waals surface area contributed by atoms with E-state index in [0.29, 0.717) is 5.92 Å². The lowest BCUT2D eigenvalue weighted by molar-refractivity contribution is 0.0288. The number of benzene rings is 1. The molecule has 0 bridgehead atoms. The number of amides is 1. The average molecular weight is 340 g/mol. The van der Waals surface area contributed by atoms with Gasteiger partial charge in [0.05, 0.1) is 0 Å². The molecule has 4 heteroatoms. The van der Waals surface area contributed by atoms with Gasteiger partial charge in [-0.15, -0.1) is 0 Å². The third kappa shape index (κ3) is 4.51. The highest BCUT2D eigenvalue weighted by atomic mass is 79.9. The maximum absolute atomic E-state index is 12.0. The van der Waals surface area contributed by atoms with Crippen molar-refractivity contribution in [3.8, 4) is 0 Å².